The molecule has 124 valence electrons. The van der Waals surface area contributed by atoms with E-state index < -0.39 is 24.0 Å². The van der Waals surface area contributed by atoms with E-state index in [1.54, 1.807) is 31.2 Å². The molecule has 0 radical (unpaired) electrons. The van der Waals surface area contributed by atoms with Crippen molar-refractivity contribution >= 4 is 35.2 Å². The normalized spacial score (nSPS) is 13.0. The van der Waals surface area contributed by atoms with E-state index in [9.17, 15) is 9.59 Å². The number of thioether (sulfide) groups is 1. The van der Waals surface area contributed by atoms with E-state index >= 15 is 0 Å². The second-order valence-corrected chi connectivity index (χ2v) is 6.91. The molecule has 23 heavy (non-hydrogen) atoms. The lowest BCUT2D eigenvalue weighted by Gasteiger charge is -2.27. The van der Waals surface area contributed by atoms with Crippen LogP contribution < -0.4 is 5.32 Å². The van der Waals surface area contributed by atoms with Gasteiger partial charge in [-0.3, -0.25) is 9.59 Å². The fourth-order valence-corrected chi connectivity index (χ4v) is 2.31. The number of hydrogen-bond acceptors (Lipinski definition) is 5. The summed E-state index contributed by atoms with van der Waals surface area (Å²) in [7, 11) is 0. The number of rotatable bonds is 7. The number of hydrogen-bond donors (Lipinski definition) is 1. The van der Waals surface area contributed by atoms with E-state index in [1.807, 2.05) is 13.8 Å². The number of nitriles is 1. The zero-order valence-corrected chi connectivity index (χ0v) is 14.8. The first-order chi connectivity index (χ1) is 10.8. The second kappa shape index (κ2) is 8.80. The Bertz CT molecular complexity index is 598. The minimum Gasteiger partial charge on any atom is -0.455 e. The molecule has 0 saturated heterocycles. The van der Waals surface area contributed by atoms with Crippen LogP contribution in [0.25, 0.3) is 0 Å². The Hall–Kier alpha value is -1.71. The van der Waals surface area contributed by atoms with E-state index in [0.717, 1.165) is 4.90 Å². The van der Waals surface area contributed by atoms with Gasteiger partial charge < -0.3 is 10.1 Å². The summed E-state index contributed by atoms with van der Waals surface area (Å²) in [5.41, 5.74) is -0.985. The first kappa shape index (κ1) is 19.3. The third-order valence-corrected chi connectivity index (χ3v) is 4.56. The minimum atomic E-state index is -0.985. The van der Waals surface area contributed by atoms with Crippen LogP contribution in [0.15, 0.2) is 29.2 Å². The third kappa shape index (κ3) is 6.51. The molecule has 0 aliphatic carbocycles. The van der Waals surface area contributed by atoms with Crippen LogP contribution in [-0.4, -0.2) is 29.8 Å². The van der Waals surface area contributed by atoms with Gasteiger partial charge in [-0.1, -0.05) is 25.4 Å². The summed E-state index contributed by atoms with van der Waals surface area (Å²) in [6.45, 7) is 4.90. The summed E-state index contributed by atoms with van der Waals surface area (Å²) < 4.78 is 4.91. The Morgan fingerprint density at radius 2 is 2.00 bits per heavy atom. The predicted octanol–water partition coefficient (Wildman–Crippen LogP) is 3.03. The summed E-state index contributed by atoms with van der Waals surface area (Å²) in [4.78, 5) is 24.3. The van der Waals surface area contributed by atoms with Crippen molar-refractivity contribution in [1.82, 2.24) is 5.32 Å². The fourth-order valence-electron chi connectivity index (χ4n) is 1.49. The summed E-state index contributed by atoms with van der Waals surface area (Å²) >= 11 is 7.07. The van der Waals surface area contributed by atoms with Gasteiger partial charge in [0.2, 0.25) is 0 Å². The number of ether oxygens (including phenoxy) is 1. The molecule has 1 rings (SSSR count). The van der Waals surface area contributed by atoms with Crippen molar-refractivity contribution in [2.24, 2.45) is 5.92 Å². The molecule has 0 aromatic heterocycles. The molecule has 5 nitrogen and oxygen atoms in total. The van der Waals surface area contributed by atoms with Crippen molar-refractivity contribution in [3.05, 3.63) is 29.3 Å². The standard InChI is InChI=1S/C16H19ClN2O3S/c1-11(2)16(3,10-18)19-14(20)8-22-15(21)9-23-13-6-4-12(17)5-7-13/h4-7,11H,8-9H2,1-3H3,(H,19,20). The van der Waals surface area contributed by atoms with Crippen LogP contribution >= 0.6 is 23.4 Å². The number of benzene rings is 1. The molecule has 1 aromatic rings. The number of carbonyl (C=O) groups excluding carboxylic acids is 2. The fraction of sp³-hybridized carbons (Fsp3) is 0.438. The van der Waals surface area contributed by atoms with Crippen LogP contribution in [0.5, 0.6) is 0 Å². The highest BCUT2D eigenvalue weighted by Gasteiger charge is 2.30. The molecule has 1 N–H and O–H groups in total. The molecule has 0 heterocycles. The van der Waals surface area contributed by atoms with E-state index in [2.05, 4.69) is 11.4 Å². The Labute approximate surface area is 145 Å². The largest absolute Gasteiger partial charge is 0.455 e. The molecule has 1 aromatic carbocycles. The van der Waals surface area contributed by atoms with Crippen LogP contribution in [0.1, 0.15) is 20.8 Å². The van der Waals surface area contributed by atoms with Crippen LogP contribution in [0.4, 0.5) is 0 Å². The van der Waals surface area contributed by atoms with Gasteiger partial charge in [0, 0.05) is 9.92 Å². The van der Waals surface area contributed by atoms with Gasteiger partial charge in [-0.15, -0.1) is 11.8 Å². The lowest BCUT2D eigenvalue weighted by atomic mass is 9.90. The Balaban J connectivity index is 2.37. The predicted molar refractivity (Wildman–Crippen MR) is 90.1 cm³/mol. The van der Waals surface area contributed by atoms with Gasteiger partial charge in [-0.2, -0.15) is 5.26 Å². The monoisotopic (exact) mass is 354 g/mol. The lowest BCUT2D eigenvalue weighted by Crippen LogP contribution is -2.50. The van der Waals surface area contributed by atoms with Gasteiger partial charge in [0.25, 0.3) is 5.91 Å². The number of nitrogens with one attached hydrogen (secondary N) is 1. The molecule has 1 unspecified atom stereocenters. The number of amides is 1. The molecule has 0 bridgehead atoms. The quantitative estimate of drug-likeness (QED) is 0.601. The first-order valence-electron chi connectivity index (χ1n) is 7.03. The van der Waals surface area contributed by atoms with Gasteiger partial charge in [-0.25, -0.2) is 0 Å². The van der Waals surface area contributed by atoms with Crippen molar-refractivity contribution in [3.8, 4) is 6.07 Å². The van der Waals surface area contributed by atoms with Gasteiger partial charge in [0.05, 0.1) is 11.8 Å². The molecular formula is C16H19ClN2O3S. The molecular weight excluding hydrogens is 336 g/mol. The van der Waals surface area contributed by atoms with Gasteiger partial charge >= 0.3 is 5.97 Å². The summed E-state index contributed by atoms with van der Waals surface area (Å²) in [6.07, 6.45) is 0. The smallest absolute Gasteiger partial charge is 0.316 e. The first-order valence-corrected chi connectivity index (χ1v) is 8.39. The SMILES string of the molecule is CC(C)C(C)(C#N)NC(=O)COC(=O)CSc1ccc(Cl)cc1. The van der Waals surface area contributed by atoms with Gasteiger partial charge in [-0.05, 0) is 37.1 Å². The molecule has 1 atom stereocenters. The Morgan fingerprint density at radius 1 is 1.39 bits per heavy atom. The number of carbonyl (C=O) groups is 2. The van der Waals surface area contributed by atoms with E-state index in [-0.39, 0.29) is 11.7 Å². The van der Waals surface area contributed by atoms with Crippen molar-refractivity contribution in [3.63, 3.8) is 0 Å². The van der Waals surface area contributed by atoms with Crippen molar-refractivity contribution in [1.29, 1.82) is 5.26 Å². The second-order valence-electron chi connectivity index (χ2n) is 5.42. The van der Waals surface area contributed by atoms with Gasteiger partial charge in [0.15, 0.2) is 6.61 Å². The third-order valence-electron chi connectivity index (χ3n) is 3.32. The molecule has 0 saturated carbocycles. The molecule has 0 fully saturated rings. The van der Waals surface area contributed by atoms with Crippen molar-refractivity contribution in [2.75, 3.05) is 12.4 Å². The van der Waals surface area contributed by atoms with Crippen molar-refractivity contribution in [2.45, 2.75) is 31.2 Å². The number of esters is 1. The zero-order chi connectivity index (χ0) is 17.5. The van der Waals surface area contributed by atoms with E-state index in [0.29, 0.717) is 5.02 Å². The summed E-state index contributed by atoms with van der Waals surface area (Å²) in [6, 6.07) is 9.13. The maximum absolute atomic E-state index is 11.8. The lowest BCUT2D eigenvalue weighted by molar-refractivity contribution is -0.146. The zero-order valence-electron chi connectivity index (χ0n) is 13.3. The minimum absolute atomic E-state index is 0.0624. The van der Waals surface area contributed by atoms with Crippen LogP contribution in [-0.2, 0) is 14.3 Å². The Kier molecular flexibility index (Phi) is 7.40. The maximum atomic E-state index is 11.8. The van der Waals surface area contributed by atoms with Crippen LogP contribution in [0, 0.1) is 17.2 Å². The topological polar surface area (TPSA) is 79.2 Å². The maximum Gasteiger partial charge on any atom is 0.316 e. The highest BCUT2D eigenvalue weighted by atomic mass is 35.5. The van der Waals surface area contributed by atoms with Crippen LogP contribution in [0.3, 0.4) is 0 Å². The Morgan fingerprint density at radius 3 is 2.52 bits per heavy atom. The molecule has 0 aliphatic heterocycles. The average Bonchev–Trinajstić information content (AvgIpc) is 2.52. The summed E-state index contributed by atoms with van der Waals surface area (Å²) in [5.74, 6) is -0.960. The highest BCUT2D eigenvalue weighted by molar-refractivity contribution is 8.00. The highest BCUT2D eigenvalue weighted by Crippen LogP contribution is 2.20. The van der Waals surface area contributed by atoms with Crippen molar-refractivity contribution < 1.29 is 14.3 Å². The van der Waals surface area contributed by atoms with E-state index in [4.69, 9.17) is 21.6 Å². The molecule has 0 spiro atoms. The summed E-state index contributed by atoms with van der Waals surface area (Å²) in [5, 5.41) is 12.3. The number of nitrogens with zero attached hydrogens (tertiary/aromatic N) is 1. The molecule has 1 amide bonds. The number of halogens is 1. The average molecular weight is 355 g/mol. The molecule has 0 aliphatic rings. The van der Waals surface area contributed by atoms with Crippen LogP contribution in [0.2, 0.25) is 5.02 Å². The van der Waals surface area contributed by atoms with E-state index in [1.165, 1.54) is 11.8 Å². The molecule has 7 heteroatoms. The van der Waals surface area contributed by atoms with Gasteiger partial charge in [0.1, 0.15) is 5.54 Å².